The Kier molecular flexibility index (Phi) is 5.67. The van der Waals surface area contributed by atoms with E-state index in [9.17, 15) is 0 Å². The van der Waals surface area contributed by atoms with E-state index in [1.54, 1.807) is 0 Å². The first-order chi connectivity index (χ1) is 9.42. The van der Waals surface area contributed by atoms with Crippen LogP contribution < -0.4 is 5.32 Å². The number of hydrogen-bond acceptors (Lipinski definition) is 4. The fourth-order valence-electron chi connectivity index (χ4n) is 1.75. The largest absolute Gasteiger partial charge is 0.372 e. The van der Waals surface area contributed by atoms with Crippen LogP contribution in [0.15, 0.2) is 10.5 Å². The van der Waals surface area contributed by atoms with Gasteiger partial charge in [-0.15, -0.1) is 11.3 Å². The molecule has 7 heteroatoms. The Morgan fingerprint density at radius 3 is 2.65 bits per heavy atom. The fourth-order valence-corrected chi connectivity index (χ4v) is 4.12. The Balaban J connectivity index is 2.53. The molecule has 3 nitrogen and oxygen atoms in total. The fraction of sp³-hybridized carbons (Fsp3) is 0.385. The maximum atomic E-state index is 6.11. The summed E-state index contributed by atoms with van der Waals surface area (Å²) in [6, 6.07) is 1.97. The second-order valence-corrected chi connectivity index (χ2v) is 8.32. The third kappa shape index (κ3) is 3.64. The Morgan fingerprint density at radius 1 is 1.45 bits per heavy atom. The van der Waals surface area contributed by atoms with Crippen LogP contribution in [0, 0.1) is 9.49 Å². The summed E-state index contributed by atoms with van der Waals surface area (Å²) in [4.78, 5) is 10.3. The minimum atomic E-state index is 0.551. The van der Waals surface area contributed by atoms with Gasteiger partial charge in [-0.25, -0.2) is 9.97 Å². The summed E-state index contributed by atoms with van der Waals surface area (Å²) in [5.74, 6) is 2.14. The molecule has 0 unspecified atom stereocenters. The molecule has 0 radical (unpaired) electrons. The highest BCUT2D eigenvalue weighted by molar-refractivity contribution is 14.1. The highest BCUT2D eigenvalue weighted by Crippen LogP contribution is 2.37. The third-order valence-corrected chi connectivity index (χ3v) is 6.23. The quantitative estimate of drug-likeness (QED) is 0.583. The average Bonchev–Trinajstić information content (AvgIpc) is 2.71. The second kappa shape index (κ2) is 6.89. The van der Waals surface area contributed by atoms with Gasteiger partial charge in [0, 0.05) is 11.5 Å². The molecule has 0 spiro atoms. The lowest BCUT2D eigenvalue weighted by atomic mass is 10.1. The number of rotatable bonds is 4. The number of aromatic nitrogens is 2. The molecule has 1 N–H and O–H groups in total. The van der Waals surface area contributed by atoms with Crippen molar-refractivity contribution in [2.75, 3.05) is 12.4 Å². The van der Waals surface area contributed by atoms with Crippen molar-refractivity contribution in [3.8, 4) is 10.7 Å². The van der Waals surface area contributed by atoms with E-state index in [-0.39, 0.29) is 0 Å². The lowest BCUT2D eigenvalue weighted by Gasteiger charge is -2.12. The third-order valence-electron chi connectivity index (χ3n) is 2.62. The molecule has 20 heavy (non-hydrogen) atoms. The highest BCUT2D eigenvalue weighted by Gasteiger charge is 2.16. The topological polar surface area (TPSA) is 37.8 Å². The van der Waals surface area contributed by atoms with Crippen LogP contribution in [0.2, 0.25) is 4.34 Å². The molecule has 2 rings (SSSR count). The number of nitrogens with one attached hydrogen (secondary N) is 1. The predicted molar refractivity (Wildman–Crippen MR) is 98.9 cm³/mol. The van der Waals surface area contributed by atoms with E-state index in [4.69, 9.17) is 16.6 Å². The van der Waals surface area contributed by atoms with Gasteiger partial charge < -0.3 is 5.32 Å². The van der Waals surface area contributed by atoms with Crippen molar-refractivity contribution in [2.24, 2.45) is 5.92 Å². The second-order valence-electron chi connectivity index (χ2n) is 4.74. The van der Waals surface area contributed by atoms with Crippen molar-refractivity contribution in [1.82, 2.24) is 9.97 Å². The van der Waals surface area contributed by atoms with Crippen molar-refractivity contribution in [2.45, 2.75) is 20.3 Å². The first-order valence-electron chi connectivity index (χ1n) is 6.11. The van der Waals surface area contributed by atoms with Gasteiger partial charge in [0.2, 0.25) is 0 Å². The molecule has 108 valence electrons. The van der Waals surface area contributed by atoms with Gasteiger partial charge >= 0.3 is 0 Å². The zero-order chi connectivity index (χ0) is 14.9. The maximum Gasteiger partial charge on any atom is 0.172 e. The van der Waals surface area contributed by atoms with E-state index in [1.807, 2.05) is 13.1 Å². The number of hydrogen-bond donors (Lipinski definition) is 1. The molecule has 0 aliphatic rings. The summed E-state index contributed by atoms with van der Waals surface area (Å²) >= 11 is 13.3. The average molecular weight is 487 g/mol. The molecule has 0 aliphatic carbocycles. The van der Waals surface area contributed by atoms with Crippen molar-refractivity contribution in [3.05, 3.63) is 24.1 Å². The molecule has 2 heterocycles. The van der Waals surface area contributed by atoms with E-state index in [1.165, 1.54) is 11.3 Å². The molecule has 0 saturated heterocycles. The molecule has 0 aliphatic heterocycles. The van der Waals surface area contributed by atoms with Crippen LogP contribution in [0.4, 0.5) is 5.82 Å². The Bertz CT molecular complexity index is 611. The first-order valence-corrected chi connectivity index (χ1v) is 9.18. The molecular weight excluding hydrogens is 472 g/mol. The first kappa shape index (κ1) is 16.5. The van der Waals surface area contributed by atoms with Gasteiger partial charge in [-0.05, 0) is 56.9 Å². The van der Waals surface area contributed by atoms with E-state index in [0.717, 1.165) is 41.0 Å². The Morgan fingerprint density at radius 2 is 2.15 bits per heavy atom. The minimum Gasteiger partial charge on any atom is -0.372 e. The number of thiophene rings is 1. The van der Waals surface area contributed by atoms with Crippen LogP contribution in [0.3, 0.4) is 0 Å². The van der Waals surface area contributed by atoms with Gasteiger partial charge in [-0.2, -0.15) is 0 Å². The van der Waals surface area contributed by atoms with E-state index < -0.39 is 0 Å². The molecule has 0 fully saturated rings. The molecule has 0 bridgehead atoms. The highest BCUT2D eigenvalue weighted by atomic mass is 127. The zero-order valence-electron chi connectivity index (χ0n) is 11.3. The van der Waals surface area contributed by atoms with E-state index in [0.29, 0.717) is 5.92 Å². The van der Waals surface area contributed by atoms with E-state index in [2.05, 4.69) is 62.7 Å². The molecule has 0 aromatic carbocycles. The standard InChI is InChI=1S/C13H14BrClIN3S/c1-6(2)4-8-10(16)13(17-3)19-12(18-8)9-5-7(14)11(15)20-9/h5-6H,4H2,1-3H3,(H,17,18,19). The van der Waals surface area contributed by atoms with Crippen LogP contribution in [0.1, 0.15) is 19.5 Å². The van der Waals surface area contributed by atoms with Crippen molar-refractivity contribution in [1.29, 1.82) is 0 Å². The summed E-state index contributed by atoms with van der Waals surface area (Å²) in [5.41, 5.74) is 1.08. The zero-order valence-corrected chi connectivity index (χ0v) is 16.6. The number of halogens is 3. The summed E-state index contributed by atoms with van der Waals surface area (Å²) in [7, 11) is 1.88. The van der Waals surface area contributed by atoms with Crippen molar-refractivity contribution >= 4 is 67.3 Å². The summed E-state index contributed by atoms with van der Waals surface area (Å²) in [6.45, 7) is 4.38. The molecular formula is C13H14BrClIN3S. The van der Waals surface area contributed by atoms with Gasteiger partial charge in [0.1, 0.15) is 10.2 Å². The van der Waals surface area contributed by atoms with E-state index >= 15 is 0 Å². The molecule has 2 aromatic rings. The Labute approximate surface area is 149 Å². The summed E-state index contributed by atoms with van der Waals surface area (Å²) in [6.07, 6.45) is 0.933. The lowest BCUT2D eigenvalue weighted by molar-refractivity contribution is 0.632. The number of nitrogens with zero attached hydrogens (tertiary/aromatic N) is 2. The maximum absolute atomic E-state index is 6.11. The van der Waals surface area contributed by atoms with Gasteiger partial charge in [0.25, 0.3) is 0 Å². The van der Waals surface area contributed by atoms with Crippen molar-refractivity contribution < 1.29 is 0 Å². The van der Waals surface area contributed by atoms with Crippen LogP contribution in [-0.2, 0) is 6.42 Å². The molecule has 0 saturated carbocycles. The minimum absolute atomic E-state index is 0.551. The summed E-state index contributed by atoms with van der Waals surface area (Å²) in [5, 5.41) is 3.14. The van der Waals surface area contributed by atoms with Gasteiger partial charge in [0.15, 0.2) is 5.82 Å². The van der Waals surface area contributed by atoms with Crippen LogP contribution in [0.5, 0.6) is 0 Å². The van der Waals surface area contributed by atoms with Crippen LogP contribution in [0.25, 0.3) is 10.7 Å². The summed E-state index contributed by atoms with van der Waals surface area (Å²) < 4.78 is 2.69. The van der Waals surface area contributed by atoms with Gasteiger partial charge in [-0.3, -0.25) is 0 Å². The predicted octanol–water partition coefficient (Wildman–Crippen LogP) is 5.47. The molecule has 2 aromatic heterocycles. The lowest BCUT2D eigenvalue weighted by Crippen LogP contribution is -2.07. The smallest absolute Gasteiger partial charge is 0.172 e. The Hall–Kier alpha value is 0.0800. The monoisotopic (exact) mass is 485 g/mol. The van der Waals surface area contributed by atoms with Crippen molar-refractivity contribution in [3.63, 3.8) is 0 Å². The SMILES string of the molecule is CNc1nc(-c2cc(Br)c(Cl)s2)nc(CC(C)C)c1I. The van der Waals surface area contributed by atoms with Crippen LogP contribution >= 0.6 is 61.5 Å². The van der Waals surface area contributed by atoms with Gasteiger partial charge in [0.05, 0.1) is 14.1 Å². The normalized spacial score (nSPS) is 11.2. The number of anilines is 1. The van der Waals surface area contributed by atoms with Crippen LogP contribution in [-0.4, -0.2) is 17.0 Å². The molecule has 0 amide bonds. The molecule has 0 atom stereocenters. The van der Waals surface area contributed by atoms with Gasteiger partial charge in [-0.1, -0.05) is 25.4 Å².